The minimum Gasteiger partial charge on any atom is -0.339 e. The standard InChI is InChI=1S/C4H9N3O3/c1-5-3(8)7-10-4(9)6-2/h1-2H3,(H,6,9)(H2,5,7,8). The van der Waals surface area contributed by atoms with Gasteiger partial charge >= 0.3 is 12.1 Å². The molecule has 0 bridgehead atoms. The van der Waals surface area contributed by atoms with Crippen LogP contribution in [0, 0.1) is 0 Å². The lowest BCUT2D eigenvalue weighted by Crippen LogP contribution is -2.37. The third kappa shape index (κ3) is 3.53. The number of rotatable bonds is 0. The van der Waals surface area contributed by atoms with Crippen molar-refractivity contribution in [3.8, 4) is 0 Å². The highest BCUT2D eigenvalue weighted by Crippen LogP contribution is 1.68. The molecule has 0 fully saturated rings. The highest BCUT2D eigenvalue weighted by atomic mass is 16.7. The summed E-state index contributed by atoms with van der Waals surface area (Å²) in [5.74, 6) is 0. The molecule has 0 aromatic carbocycles. The molecule has 0 unspecified atom stereocenters. The van der Waals surface area contributed by atoms with Crippen LogP contribution in [0.2, 0.25) is 0 Å². The van der Waals surface area contributed by atoms with Gasteiger partial charge in [-0.25, -0.2) is 9.59 Å². The fourth-order valence-corrected chi connectivity index (χ4v) is 0.195. The van der Waals surface area contributed by atoms with E-state index in [0.29, 0.717) is 0 Å². The molecule has 0 aliphatic heterocycles. The van der Waals surface area contributed by atoms with E-state index in [-0.39, 0.29) is 0 Å². The Morgan fingerprint density at radius 1 is 1.20 bits per heavy atom. The quantitative estimate of drug-likeness (QED) is 0.392. The molecule has 0 heterocycles. The zero-order chi connectivity index (χ0) is 7.98. The summed E-state index contributed by atoms with van der Waals surface area (Å²) in [7, 11) is 2.79. The molecule has 0 rings (SSSR count). The maximum atomic E-state index is 10.3. The predicted octanol–water partition coefficient (Wildman–Crippen LogP) is -0.814. The fraction of sp³-hybridized carbons (Fsp3) is 0.500. The monoisotopic (exact) mass is 147 g/mol. The molecule has 3 N–H and O–H groups in total. The average Bonchev–Trinajstić information content (AvgIpc) is 1.99. The van der Waals surface area contributed by atoms with Crippen molar-refractivity contribution < 1.29 is 14.4 Å². The van der Waals surface area contributed by atoms with E-state index in [1.807, 2.05) is 5.48 Å². The van der Waals surface area contributed by atoms with E-state index in [1.165, 1.54) is 14.1 Å². The number of urea groups is 1. The Morgan fingerprint density at radius 3 is 2.20 bits per heavy atom. The summed E-state index contributed by atoms with van der Waals surface area (Å²) in [6.07, 6.45) is -0.719. The predicted molar refractivity (Wildman–Crippen MR) is 33.1 cm³/mol. The third-order valence-corrected chi connectivity index (χ3v) is 0.668. The van der Waals surface area contributed by atoms with Crippen LogP contribution in [0.15, 0.2) is 0 Å². The summed E-state index contributed by atoms with van der Waals surface area (Å²) >= 11 is 0. The molecular weight excluding hydrogens is 138 g/mol. The van der Waals surface area contributed by atoms with Crippen molar-refractivity contribution in [3.05, 3.63) is 0 Å². The topological polar surface area (TPSA) is 79.5 Å². The van der Waals surface area contributed by atoms with Gasteiger partial charge in [-0.3, -0.25) is 0 Å². The summed E-state index contributed by atoms with van der Waals surface area (Å²) in [4.78, 5) is 24.7. The van der Waals surface area contributed by atoms with Crippen LogP contribution in [0.5, 0.6) is 0 Å². The van der Waals surface area contributed by atoms with Crippen molar-refractivity contribution in [2.75, 3.05) is 14.1 Å². The molecule has 6 heteroatoms. The first kappa shape index (κ1) is 8.54. The summed E-state index contributed by atoms with van der Waals surface area (Å²) < 4.78 is 0. The van der Waals surface area contributed by atoms with E-state index in [0.717, 1.165) is 0 Å². The number of amides is 3. The van der Waals surface area contributed by atoms with Crippen LogP contribution < -0.4 is 16.1 Å². The van der Waals surface area contributed by atoms with Gasteiger partial charge in [0.15, 0.2) is 0 Å². The lowest BCUT2D eigenvalue weighted by Gasteiger charge is -2.02. The minimum absolute atomic E-state index is 0.580. The molecular formula is C4H9N3O3. The Bertz CT molecular complexity index is 120. The Labute approximate surface area is 57.9 Å². The molecule has 0 aliphatic carbocycles. The van der Waals surface area contributed by atoms with E-state index in [4.69, 9.17) is 0 Å². The number of hydrogen-bond acceptors (Lipinski definition) is 3. The molecule has 58 valence electrons. The molecule has 0 aromatic rings. The van der Waals surface area contributed by atoms with Gasteiger partial charge in [0.1, 0.15) is 0 Å². The number of carbonyl (C=O) groups is 2. The van der Waals surface area contributed by atoms with Crippen LogP contribution in [0.4, 0.5) is 9.59 Å². The molecule has 0 atom stereocenters. The zero-order valence-corrected chi connectivity index (χ0v) is 5.72. The summed E-state index contributed by atoms with van der Waals surface area (Å²) in [5, 5.41) is 4.33. The van der Waals surface area contributed by atoms with Crippen LogP contribution >= 0.6 is 0 Å². The number of nitrogens with one attached hydrogen (secondary N) is 3. The molecule has 3 amide bonds. The first-order chi connectivity index (χ1) is 4.70. The Morgan fingerprint density at radius 2 is 1.80 bits per heavy atom. The van der Waals surface area contributed by atoms with Crippen molar-refractivity contribution in [1.82, 2.24) is 16.1 Å². The van der Waals surface area contributed by atoms with Gasteiger partial charge in [-0.1, -0.05) is 0 Å². The second-order valence-corrected chi connectivity index (χ2v) is 1.32. The van der Waals surface area contributed by atoms with Gasteiger partial charge < -0.3 is 15.5 Å². The molecule has 0 aliphatic rings. The SMILES string of the molecule is CNC(=O)NOC(=O)NC. The van der Waals surface area contributed by atoms with E-state index >= 15 is 0 Å². The molecule has 0 radical (unpaired) electrons. The molecule has 0 spiro atoms. The van der Waals surface area contributed by atoms with Crippen molar-refractivity contribution in [1.29, 1.82) is 0 Å². The van der Waals surface area contributed by atoms with Gasteiger partial charge in [-0.2, -0.15) is 5.48 Å². The van der Waals surface area contributed by atoms with Crippen LogP contribution in [0.25, 0.3) is 0 Å². The van der Waals surface area contributed by atoms with E-state index in [1.54, 1.807) is 0 Å². The normalized spacial score (nSPS) is 7.80. The third-order valence-electron chi connectivity index (χ3n) is 0.668. The maximum Gasteiger partial charge on any atom is 0.431 e. The lowest BCUT2D eigenvalue weighted by molar-refractivity contribution is 0.102. The summed E-state index contributed by atoms with van der Waals surface area (Å²) in [6, 6.07) is -0.580. The van der Waals surface area contributed by atoms with Gasteiger partial charge in [0, 0.05) is 14.1 Å². The smallest absolute Gasteiger partial charge is 0.339 e. The Balaban J connectivity index is 3.35. The van der Waals surface area contributed by atoms with Gasteiger partial charge in [0.25, 0.3) is 0 Å². The largest absolute Gasteiger partial charge is 0.431 e. The second kappa shape index (κ2) is 4.42. The molecule has 6 nitrogen and oxygen atoms in total. The Kier molecular flexibility index (Phi) is 3.78. The fourth-order valence-electron chi connectivity index (χ4n) is 0.195. The van der Waals surface area contributed by atoms with Crippen LogP contribution in [-0.4, -0.2) is 26.2 Å². The minimum atomic E-state index is -0.719. The number of hydrogen-bond donors (Lipinski definition) is 3. The van der Waals surface area contributed by atoms with Crippen molar-refractivity contribution in [2.45, 2.75) is 0 Å². The van der Waals surface area contributed by atoms with Gasteiger partial charge in [-0.15, -0.1) is 0 Å². The second-order valence-electron chi connectivity index (χ2n) is 1.32. The van der Waals surface area contributed by atoms with E-state index in [2.05, 4.69) is 15.5 Å². The zero-order valence-electron chi connectivity index (χ0n) is 5.72. The van der Waals surface area contributed by atoms with Crippen LogP contribution in [-0.2, 0) is 4.84 Å². The van der Waals surface area contributed by atoms with Gasteiger partial charge in [0.2, 0.25) is 0 Å². The number of hydroxylamine groups is 1. The number of carbonyl (C=O) groups excluding carboxylic acids is 2. The summed E-state index contributed by atoms with van der Waals surface area (Å²) in [6.45, 7) is 0. The Hall–Kier alpha value is -1.46. The van der Waals surface area contributed by atoms with E-state index in [9.17, 15) is 9.59 Å². The highest BCUT2D eigenvalue weighted by molar-refractivity contribution is 5.75. The van der Waals surface area contributed by atoms with Crippen molar-refractivity contribution >= 4 is 12.1 Å². The highest BCUT2D eigenvalue weighted by Gasteiger charge is 1.99. The first-order valence-electron chi connectivity index (χ1n) is 2.57. The van der Waals surface area contributed by atoms with Gasteiger partial charge in [-0.05, 0) is 0 Å². The molecule has 0 saturated carbocycles. The molecule has 10 heavy (non-hydrogen) atoms. The van der Waals surface area contributed by atoms with Crippen LogP contribution in [0.1, 0.15) is 0 Å². The average molecular weight is 147 g/mol. The molecule has 0 aromatic heterocycles. The van der Waals surface area contributed by atoms with Crippen molar-refractivity contribution in [3.63, 3.8) is 0 Å². The van der Waals surface area contributed by atoms with Crippen LogP contribution in [0.3, 0.4) is 0 Å². The van der Waals surface area contributed by atoms with Crippen molar-refractivity contribution in [2.24, 2.45) is 0 Å². The maximum absolute atomic E-state index is 10.3. The van der Waals surface area contributed by atoms with Gasteiger partial charge in [0.05, 0.1) is 0 Å². The molecule has 0 saturated heterocycles. The van der Waals surface area contributed by atoms with E-state index < -0.39 is 12.1 Å². The lowest BCUT2D eigenvalue weighted by atomic mass is 11.0. The first-order valence-corrected chi connectivity index (χ1v) is 2.57. The summed E-state index contributed by atoms with van der Waals surface area (Å²) in [5.41, 5.74) is 1.82.